The second kappa shape index (κ2) is 12.7. The Labute approximate surface area is 230 Å². The lowest BCUT2D eigenvalue weighted by Crippen LogP contribution is -2.12. The largest absolute Gasteiger partial charge is 0.490 e. The van der Waals surface area contributed by atoms with Crippen molar-refractivity contribution in [3.8, 4) is 5.75 Å². The molecular formula is C35H32O4. The highest BCUT2D eigenvalue weighted by atomic mass is 16.6. The monoisotopic (exact) mass is 516 g/mol. The maximum atomic E-state index is 13.2. The van der Waals surface area contributed by atoms with Gasteiger partial charge in [-0.3, -0.25) is 4.79 Å². The fraction of sp³-hybridized carbons (Fsp3) is 0.143. The van der Waals surface area contributed by atoms with Crippen LogP contribution >= 0.6 is 0 Å². The first kappa shape index (κ1) is 27.3. The molecule has 4 heteroatoms. The lowest BCUT2D eigenvalue weighted by atomic mass is 9.95. The Bertz CT molecular complexity index is 1460. The zero-order valence-corrected chi connectivity index (χ0v) is 22.6. The second-order valence-corrected chi connectivity index (χ2v) is 9.31. The summed E-state index contributed by atoms with van der Waals surface area (Å²) >= 11 is 0. The van der Waals surface area contributed by atoms with Crippen molar-refractivity contribution in [2.75, 3.05) is 13.2 Å². The molecule has 0 fully saturated rings. The van der Waals surface area contributed by atoms with E-state index in [1.54, 1.807) is 6.92 Å². The molecule has 0 radical (unpaired) electrons. The van der Waals surface area contributed by atoms with Gasteiger partial charge in [0.15, 0.2) is 5.78 Å². The fourth-order valence-corrected chi connectivity index (χ4v) is 4.36. The average Bonchev–Trinajstić information content (AvgIpc) is 3.27. The maximum Gasteiger partial charge on any atom is 0.333 e. The van der Waals surface area contributed by atoms with Crippen molar-refractivity contribution in [1.29, 1.82) is 0 Å². The van der Waals surface area contributed by atoms with Gasteiger partial charge in [-0.1, -0.05) is 85.5 Å². The minimum Gasteiger partial charge on any atom is -0.490 e. The van der Waals surface area contributed by atoms with Crippen LogP contribution in [0.5, 0.6) is 5.75 Å². The van der Waals surface area contributed by atoms with E-state index in [1.807, 2.05) is 86.7 Å². The number of Topliss-reactive ketones (excluding diaryl/α,β-unsaturated/α-hetero) is 1. The van der Waals surface area contributed by atoms with Gasteiger partial charge in [0.25, 0.3) is 0 Å². The van der Waals surface area contributed by atoms with Gasteiger partial charge in [0, 0.05) is 16.7 Å². The normalized spacial score (nSPS) is 12.6. The van der Waals surface area contributed by atoms with E-state index in [0.717, 1.165) is 33.4 Å². The minimum atomic E-state index is -0.441. The maximum absolute atomic E-state index is 13.2. The second-order valence-electron chi connectivity index (χ2n) is 9.31. The number of benzene rings is 3. The third-order valence-electron chi connectivity index (χ3n) is 6.34. The van der Waals surface area contributed by atoms with Gasteiger partial charge in [0.05, 0.1) is 0 Å². The van der Waals surface area contributed by atoms with Gasteiger partial charge in [0.2, 0.25) is 0 Å². The number of esters is 1. The third kappa shape index (κ3) is 6.79. The van der Waals surface area contributed by atoms with E-state index in [9.17, 15) is 9.59 Å². The molecule has 0 spiro atoms. The molecule has 4 rings (SSSR count). The van der Waals surface area contributed by atoms with Crippen LogP contribution in [0.2, 0.25) is 0 Å². The quantitative estimate of drug-likeness (QED) is 0.120. The number of ether oxygens (including phenoxy) is 2. The van der Waals surface area contributed by atoms with Crippen LogP contribution in [-0.2, 0) is 9.53 Å². The first-order chi connectivity index (χ1) is 18.9. The van der Waals surface area contributed by atoms with E-state index in [4.69, 9.17) is 9.47 Å². The number of hydrogen-bond donors (Lipinski definition) is 0. The molecule has 3 aromatic rings. The Kier molecular flexibility index (Phi) is 8.90. The van der Waals surface area contributed by atoms with Crippen LogP contribution in [-0.4, -0.2) is 25.0 Å². The predicted molar refractivity (Wildman–Crippen MR) is 158 cm³/mol. The topological polar surface area (TPSA) is 52.6 Å². The van der Waals surface area contributed by atoms with E-state index in [0.29, 0.717) is 22.5 Å². The number of aryl methyl sites for hydroxylation is 1. The molecule has 0 aliphatic heterocycles. The van der Waals surface area contributed by atoms with E-state index in [-0.39, 0.29) is 19.0 Å². The van der Waals surface area contributed by atoms with E-state index < -0.39 is 5.97 Å². The summed E-state index contributed by atoms with van der Waals surface area (Å²) in [7, 11) is 0. The fourth-order valence-electron chi connectivity index (χ4n) is 4.36. The van der Waals surface area contributed by atoms with Crippen molar-refractivity contribution < 1.29 is 19.1 Å². The smallest absolute Gasteiger partial charge is 0.333 e. The van der Waals surface area contributed by atoms with Crippen LogP contribution in [0.1, 0.15) is 46.5 Å². The van der Waals surface area contributed by atoms with Crippen molar-refractivity contribution in [3.05, 3.63) is 148 Å². The van der Waals surface area contributed by atoms with Crippen molar-refractivity contribution in [2.24, 2.45) is 0 Å². The molecule has 1 aliphatic carbocycles. The van der Waals surface area contributed by atoms with E-state index >= 15 is 0 Å². The first-order valence-corrected chi connectivity index (χ1v) is 12.9. The molecule has 0 saturated carbocycles. The number of rotatable bonds is 10. The summed E-state index contributed by atoms with van der Waals surface area (Å²) in [5, 5.41) is 0. The first-order valence-electron chi connectivity index (χ1n) is 12.9. The molecule has 0 amide bonds. The van der Waals surface area contributed by atoms with Gasteiger partial charge in [-0.15, -0.1) is 0 Å². The molecule has 0 bridgehead atoms. The SMILES string of the molecule is C=C(C)C(=O)OCCOc1cc(C)c2c(c1)C=C(C=CC(=CC)C=C(c1ccccc1)c1ccccc1)C2=O. The highest BCUT2D eigenvalue weighted by Gasteiger charge is 2.24. The van der Waals surface area contributed by atoms with Crippen LogP contribution in [0.4, 0.5) is 0 Å². The Hall–Kier alpha value is -4.70. The summed E-state index contributed by atoms with van der Waals surface area (Å²) in [4.78, 5) is 24.8. The molecular weight excluding hydrogens is 484 g/mol. The number of ketones is 1. The number of allylic oxidation sites excluding steroid dienone is 6. The highest BCUT2D eigenvalue weighted by Crippen LogP contribution is 2.33. The lowest BCUT2D eigenvalue weighted by Gasteiger charge is -2.10. The minimum absolute atomic E-state index is 0.00790. The summed E-state index contributed by atoms with van der Waals surface area (Å²) in [5.74, 6) is 0.175. The van der Waals surface area contributed by atoms with Crippen molar-refractivity contribution in [1.82, 2.24) is 0 Å². The molecule has 0 aromatic heterocycles. The average molecular weight is 517 g/mol. The van der Waals surface area contributed by atoms with Crippen LogP contribution in [0, 0.1) is 6.92 Å². The number of carbonyl (C=O) groups is 2. The Morgan fingerprint density at radius 1 is 0.949 bits per heavy atom. The summed E-state index contributed by atoms with van der Waals surface area (Å²) < 4.78 is 10.9. The zero-order chi connectivity index (χ0) is 27.8. The predicted octanol–water partition coefficient (Wildman–Crippen LogP) is 7.71. The molecule has 0 atom stereocenters. The summed E-state index contributed by atoms with van der Waals surface area (Å²) in [6.07, 6.45) is 9.92. The van der Waals surface area contributed by atoms with Crippen LogP contribution < -0.4 is 4.74 Å². The summed E-state index contributed by atoms with van der Waals surface area (Å²) in [6.45, 7) is 9.39. The third-order valence-corrected chi connectivity index (χ3v) is 6.34. The molecule has 0 saturated heterocycles. The van der Waals surface area contributed by atoms with Crippen LogP contribution in [0.15, 0.2) is 120 Å². The van der Waals surface area contributed by atoms with Gasteiger partial charge in [-0.25, -0.2) is 4.79 Å². The number of carbonyl (C=O) groups excluding carboxylic acids is 2. The molecule has 0 unspecified atom stereocenters. The molecule has 39 heavy (non-hydrogen) atoms. The molecule has 1 aliphatic rings. The number of hydrogen-bond acceptors (Lipinski definition) is 4. The summed E-state index contributed by atoms with van der Waals surface area (Å²) in [5.41, 5.74) is 7.66. The van der Waals surface area contributed by atoms with Gasteiger partial charge < -0.3 is 9.47 Å². The van der Waals surface area contributed by atoms with Gasteiger partial charge >= 0.3 is 5.97 Å². The summed E-state index contributed by atoms with van der Waals surface area (Å²) in [6, 6.07) is 24.2. The van der Waals surface area contributed by atoms with Crippen molar-refractivity contribution >= 4 is 23.4 Å². The Balaban J connectivity index is 1.53. The van der Waals surface area contributed by atoms with Crippen LogP contribution in [0.25, 0.3) is 11.6 Å². The highest BCUT2D eigenvalue weighted by molar-refractivity contribution is 6.20. The molecule has 0 heterocycles. The van der Waals surface area contributed by atoms with E-state index in [2.05, 4.69) is 36.9 Å². The van der Waals surface area contributed by atoms with Crippen molar-refractivity contribution in [3.63, 3.8) is 0 Å². The Morgan fingerprint density at radius 3 is 2.18 bits per heavy atom. The van der Waals surface area contributed by atoms with Gasteiger partial charge in [0.1, 0.15) is 19.0 Å². The zero-order valence-electron chi connectivity index (χ0n) is 22.6. The molecule has 4 nitrogen and oxygen atoms in total. The van der Waals surface area contributed by atoms with Crippen LogP contribution in [0.3, 0.4) is 0 Å². The Morgan fingerprint density at radius 2 is 1.59 bits per heavy atom. The van der Waals surface area contributed by atoms with Crippen molar-refractivity contribution in [2.45, 2.75) is 20.8 Å². The standard InChI is InChI=1S/C35H32O4/c1-5-26(21-32(27-12-8-6-9-13-27)28-14-10-7-11-15-28)16-17-29-22-30-23-31(20-25(4)33(30)34(29)36)38-18-19-39-35(37)24(2)3/h5-17,20-23H,2,18-19H2,1,3-4H3. The van der Waals surface area contributed by atoms with Gasteiger partial charge in [-0.05, 0) is 78.5 Å². The number of fused-ring (bicyclic) bond motifs is 1. The van der Waals surface area contributed by atoms with Gasteiger partial charge in [-0.2, -0.15) is 0 Å². The van der Waals surface area contributed by atoms with E-state index in [1.165, 1.54) is 0 Å². The molecule has 0 N–H and O–H groups in total. The molecule has 196 valence electrons. The molecule has 3 aromatic carbocycles. The lowest BCUT2D eigenvalue weighted by molar-refractivity contribution is -0.139.